The van der Waals surface area contributed by atoms with Crippen LogP contribution in [0, 0.1) is 0 Å². The molecule has 0 fully saturated rings. The minimum atomic E-state index is -1.25. The zero-order valence-electron chi connectivity index (χ0n) is 13.1. The van der Waals surface area contributed by atoms with Crippen molar-refractivity contribution >= 4 is 23.4 Å². The Morgan fingerprint density at radius 2 is 1.48 bits per heavy atom. The predicted octanol–water partition coefficient (Wildman–Crippen LogP) is 3.57. The van der Waals surface area contributed by atoms with E-state index in [-0.39, 0.29) is 12.2 Å². The first kappa shape index (κ1) is 17.2. The molecule has 1 atom stereocenters. The van der Waals surface area contributed by atoms with Gasteiger partial charge in [-0.3, -0.25) is 4.79 Å². The summed E-state index contributed by atoms with van der Waals surface area (Å²) in [6.45, 7) is 4.13. The summed E-state index contributed by atoms with van der Waals surface area (Å²) in [5.41, 5.74) is 2.14. The summed E-state index contributed by atoms with van der Waals surface area (Å²) < 4.78 is 0. The molecule has 0 saturated carbocycles. The van der Waals surface area contributed by atoms with Gasteiger partial charge in [0.1, 0.15) is 0 Å². The first-order valence-corrected chi connectivity index (χ1v) is 7.85. The van der Waals surface area contributed by atoms with E-state index in [2.05, 4.69) is 13.8 Å². The molecule has 4 heteroatoms. The Morgan fingerprint density at radius 1 is 0.957 bits per heavy atom. The number of hydrogen-bond acceptors (Lipinski definition) is 3. The van der Waals surface area contributed by atoms with Crippen LogP contribution in [0.1, 0.15) is 53.6 Å². The number of halogens is 1. The molecule has 2 rings (SSSR count). The van der Waals surface area contributed by atoms with E-state index in [4.69, 9.17) is 11.6 Å². The fraction of sp³-hybridized carbons (Fsp3) is 0.263. The van der Waals surface area contributed by atoms with E-state index >= 15 is 0 Å². The molecule has 2 aromatic carbocycles. The number of carboxylic acids is 1. The van der Waals surface area contributed by atoms with Gasteiger partial charge in [0.05, 0.1) is 0 Å². The van der Waals surface area contributed by atoms with Gasteiger partial charge in [-0.25, -0.2) is 0 Å². The van der Waals surface area contributed by atoms with Gasteiger partial charge in [-0.15, -0.1) is 0 Å². The van der Waals surface area contributed by atoms with Crippen molar-refractivity contribution in [1.29, 1.82) is 0 Å². The summed E-state index contributed by atoms with van der Waals surface area (Å²) in [6, 6.07) is 13.7. The number of hydrogen-bond donors (Lipinski definition) is 0. The van der Waals surface area contributed by atoms with Crippen LogP contribution < -0.4 is 5.11 Å². The van der Waals surface area contributed by atoms with E-state index < -0.39 is 11.9 Å². The second-order valence-corrected chi connectivity index (χ2v) is 6.26. The maximum absolute atomic E-state index is 12.3. The second-order valence-electron chi connectivity index (χ2n) is 5.83. The predicted molar refractivity (Wildman–Crippen MR) is 88.7 cm³/mol. The number of Topliss-reactive ketones (excluding diaryl/α,β-unsaturated/α-hetero) is 1. The molecule has 120 valence electrons. The Morgan fingerprint density at radius 3 is 1.96 bits per heavy atom. The fourth-order valence-corrected chi connectivity index (χ4v) is 2.52. The molecular weight excluding hydrogens is 312 g/mol. The van der Waals surface area contributed by atoms with Gasteiger partial charge in [-0.05, 0) is 41.3 Å². The normalized spacial score (nSPS) is 12.2. The van der Waals surface area contributed by atoms with Gasteiger partial charge in [0.15, 0.2) is 5.78 Å². The smallest absolute Gasteiger partial charge is 0.163 e. The van der Waals surface area contributed by atoms with E-state index in [0.29, 0.717) is 22.1 Å². The highest BCUT2D eigenvalue weighted by Gasteiger charge is 2.18. The van der Waals surface area contributed by atoms with Crippen LogP contribution in [0.25, 0.3) is 0 Å². The van der Waals surface area contributed by atoms with Crippen LogP contribution in [-0.4, -0.2) is 11.8 Å². The molecule has 0 bridgehead atoms. The molecule has 0 saturated heterocycles. The Hall–Kier alpha value is -2.13. The quantitative estimate of drug-likeness (QED) is 0.761. The van der Waals surface area contributed by atoms with E-state index in [9.17, 15) is 14.7 Å². The highest BCUT2D eigenvalue weighted by Crippen LogP contribution is 2.24. The lowest BCUT2D eigenvalue weighted by Gasteiger charge is -2.18. The minimum absolute atomic E-state index is 0.134. The van der Waals surface area contributed by atoms with E-state index in [1.165, 1.54) is 0 Å². The van der Waals surface area contributed by atoms with Crippen LogP contribution in [0.3, 0.4) is 0 Å². The van der Waals surface area contributed by atoms with Crippen molar-refractivity contribution in [2.75, 3.05) is 0 Å². The van der Waals surface area contributed by atoms with Gasteiger partial charge in [0.25, 0.3) is 0 Å². The van der Waals surface area contributed by atoms with Gasteiger partial charge in [-0.2, -0.15) is 0 Å². The van der Waals surface area contributed by atoms with Crippen molar-refractivity contribution in [3.63, 3.8) is 0 Å². The SMILES string of the molecule is CC(C)c1ccc([C@H](CC(=O)c2ccc(Cl)cc2)C(=O)[O-])cc1. The summed E-state index contributed by atoms with van der Waals surface area (Å²) in [6.07, 6.45) is -0.134. The number of ketones is 1. The second kappa shape index (κ2) is 7.42. The Bertz CT molecular complexity index is 688. The summed E-state index contributed by atoms with van der Waals surface area (Å²) in [5.74, 6) is -2.09. The first-order chi connectivity index (χ1) is 10.9. The number of carboxylic acid groups (broad SMARTS) is 1. The third kappa shape index (κ3) is 4.42. The molecule has 0 spiro atoms. The third-order valence-electron chi connectivity index (χ3n) is 3.85. The largest absolute Gasteiger partial charge is 0.549 e. The van der Waals surface area contributed by atoms with E-state index in [0.717, 1.165) is 5.56 Å². The standard InChI is InChI=1S/C19H19ClO3/c1-12(2)13-3-5-14(6-4-13)17(19(22)23)11-18(21)15-7-9-16(20)10-8-15/h3-10,12,17H,11H2,1-2H3,(H,22,23)/p-1/t17-/m0/s1. The van der Waals surface area contributed by atoms with Crippen molar-refractivity contribution in [2.45, 2.75) is 32.1 Å². The minimum Gasteiger partial charge on any atom is -0.549 e. The highest BCUT2D eigenvalue weighted by molar-refractivity contribution is 6.30. The van der Waals surface area contributed by atoms with Gasteiger partial charge in [-0.1, -0.05) is 49.7 Å². The van der Waals surface area contributed by atoms with Crippen LogP contribution in [0.2, 0.25) is 5.02 Å². The molecular formula is C19H18ClO3-. The number of carbonyl (C=O) groups excluding carboxylic acids is 2. The molecule has 0 aliphatic carbocycles. The summed E-state index contributed by atoms with van der Waals surface area (Å²) in [4.78, 5) is 23.7. The number of aliphatic carboxylic acids is 1. The van der Waals surface area contributed by atoms with E-state index in [1.54, 1.807) is 36.4 Å². The molecule has 2 aromatic rings. The molecule has 0 aliphatic rings. The summed E-state index contributed by atoms with van der Waals surface area (Å²) >= 11 is 5.79. The molecule has 0 heterocycles. The van der Waals surface area contributed by atoms with Gasteiger partial charge < -0.3 is 9.90 Å². The van der Waals surface area contributed by atoms with Crippen molar-refractivity contribution in [3.8, 4) is 0 Å². The average molecular weight is 330 g/mol. The molecule has 23 heavy (non-hydrogen) atoms. The zero-order valence-corrected chi connectivity index (χ0v) is 13.8. The van der Waals surface area contributed by atoms with Crippen molar-refractivity contribution in [2.24, 2.45) is 0 Å². The number of benzene rings is 2. The van der Waals surface area contributed by atoms with Crippen LogP contribution in [0.15, 0.2) is 48.5 Å². The molecule has 0 aromatic heterocycles. The fourth-order valence-electron chi connectivity index (χ4n) is 2.39. The molecule has 0 unspecified atom stereocenters. The lowest BCUT2D eigenvalue weighted by molar-refractivity contribution is -0.307. The van der Waals surface area contributed by atoms with Crippen molar-refractivity contribution in [1.82, 2.24) is 0 Å². The molecule has 0 amide bonds. The van der Waals surface area contributed by atoms with Gasteiger partial charge in [0, 0.05) is 28.9 Å². The topological polar surface area (TPSA) is 57.2 Å². The highest BCUT2D eigenvalue weighted by atomic mass is 35.5. The van der Waals surface area contributed by atoms with Crippen LogP contribution in [-0.2, 0) is 4.79 Å². The Balaban J connectivity index is 2.20. The van der Waals surface area contributed by atoms with Crippen LogP contribution in [0.5, 0.6) is 0 Å². The number of rotatable bonds is 6. The molecule has 0 aliphatic heterocycles. The Labute approximate surface area is 140 Å². The third-order valence-corrected chi connectivity index (χ3v) is 4.10. The van der Waals surface area contributed by atoms with Gasteiger partial charge in [0.2, 0.25) is 0 Å². The van der Waals surface area contributed by atoms with Gasteiger partial charge >= 0.3 is 0 Å². The lowest BCUT2D eigenvalue weighted by atomic mass is 9.90. The Kier molecular flexibility index (Phi) is 5.56. The number of carbonyl (C=O) groups is 2. The summed E-state index contributed by atoms with van der Waals surface area (Å²) in [7, 11) is 0. The zero-order chi connectivity index (χ0) is 17.0. The maximum atomic E-state index is 12.3. The van der Waals surface area contributed by atoms with Crippen LogP contribution in [0.4, 0.5) is 0 Å². The molecule has 3 nitrogen and oxygen atoms in total. The van der Waals surface area contributed by atoms with E-state index in [1.807, 2.05) is 12.1 Å². The maximum Gasteiger partial charge on any atom is 0.163 e. The summed E-state index contributed by atoms with van der Waals surface area (Å²) in [5, 5.41) is 12.0. The van der Waals surface area contributed by atoms with Crippen molar-refractivity contribution < 1.29 is 14.7 Å². The average Bonchev–Trinajstić information content (AvgIpc) is 2.53. The molecule has 0 radical (unpaired) electrons. The van der Waals surface area contributed by atoms with Crippen molar-refractivity contribution in [3.05, 3.63) is 70.2 Å². The first-order valence-electron chi connectivity index (χ1n) is 7.48. The lowest BCUT2D eigenvalue weighted by Crippen LogP contribution is -2.31. The van der Waals surface area contributed by atoms with Crippen LogP contribution >= 0.6 is 11.6 Å². The monoisotopic (exact) mass is 329 g/mol. The molecule has 0 N–H and O–H groups in total.